The van der Waals surface area contributed by atoms with Crippen molar-refractivity contribution in [1.82, 2.24) is 5.32 Å². The number of alkyl halides is 3. The fourth-order valence-corrected chi connectivity index (χ4v) is 2.87. The van der Waals surface area contributed by atoms with Gasteiger partial charge < -0.3 is 26.0 Å². The SMILES string of the molecule is N[C@H](Cc1ccc(Br)cc1)[C@H](O)C(=O)N[C@@H](C(=O)O)c1cccc(OC(F)(F)F)c1. The molecular weight excluding hydrogens is 473 g/mol. The number of aliphatic carboxylic acids is 1. The Hall–Kier alpha value is -2.63. The molecule has 1 amide bonds. The number of hydrogen-bond acceptors (Lipinski definition) is 5. The van der Waals surface area contributed by atoms with Crippen LogP contribution in [-0.4, -0.2) is 40.6 Å². The molecule has 0 aliphatic rings. The highest BCUT2D eigenvalue weighted by Crippen LogP contribution is 2.26. The number of rotatable bonds is 8. The number of carboxylic acids is 1. The number of hydrogen-bond donors (Lipinski definition) is 4. The molecule has 0 radical (unpaired) electrons. The molecule has 2 aromatic rings. The minimum atomic E-state index is -4.96. The zero-order chi connectivity index (χ0) is 22.5. The number of nitrogens with one attached hydrogen (secondary N) is 1. The van der Waals surface area contributed by atoms with Gasteiger partial charge in [0.1, 0.15) is 11.9 Å². The molecule has 11 heteroatoms. The third-order valence-electron chi connectivity index (χ3n) is 4.02. The Balaban J connectivity index is 2.10. The van der Waals surface area contributed by atoms with Crippen LogP contribution in [0.4, 0.5) is 13.2 Å². The van der Waals surface area contributed by atoms with Crippen LogP contribution in [0.25, 0.3) is 0 Å². The Labute approximate surface area is 177 Å². The van der Waals surface area contributed by atoms with Crippen LogP contribution in [0.5, 0.6) is 5.75 Å². The summed E-state index contributed by atoms with van der Waals surface area (Å²) in [6.07, 6.45) is -6.57. The number of carbonyl (C=O) groups excluding carboxylic acids is 1. The van der Waals surface area contributed by atoms with Gasteiger partial charge in [-0.2, -0.15) is 0 Å². The molecule has 2 rings (SSSR count). The van der Waals surface area contributed by atoms with Crippen molar-refractivity contribution in [3.05, 3.63) is 64.1 Å². The summed E-state index contributed by atoms with van der Waals surface area (Å²) < 4.78 is 41.7. The summed E-state index contributed by atoms with van der Waals surface area (Å²) in [5, 5.41) is 21.6. The summed E-state index contributed by atoms with van der Waals surface area (Å²) in [7, 11) is 0. The monoisotopic (exact) mass is 490 g/mol. The third kappa shape index (κ3) is 7.01. The first-order chi connectivity index (χ1) is 14.0. The van der Waals surface area contributed by atoms with Crippen molar-refractivity contribution in [3.8, 4) is 5.75 Å². The molecule has 0 bridgehead atoms. The lowest BCUT2D eigenvalue weighted by Crippen LogP contribution is -2.49. The summed E-state index contributed by atoms with van der Waals surface area (Å²) in [4.78, 5) is 23.9. The molecule has 0 unspecified atom stereocenters. The highest BCUT2D eigenvalue weighted by Gasteiger charge is 2.32. The molecule has 0 heterocycles. The Morgan fingerprint density at radius 2 is 1.80 bits per heavy atom. The molecule has 2 aromatic carbocycles. The van der Waals surface area contributed by atoms with E-state index < -0.39 is 42.2 Å². The molecule has 0 aromatic heterocycles. The van der Waals surface area contributed by atoms with Crippen LogP contribution in [0, 0.1) is 0 Å². The molecule has 5 N–H and O–H groups in total. The number of amides is 1. The topological polar surface area (TPSA) is 122 Å². The van der Waals surface area contributed by atoms with Crippen molar-refractivity contribution >= 4 is 27.8 Å². The lowest BCUT2D eigenvalue weighted by atomic mass is 10.0. The first-order valence-electron chi connectivity index (χ1n) is 8.53. The van der Waals surface area contributed by atoms with Crippen molar-refractivity contribution in [2.75, 3.05) is 0 Å². The average Bonchev–Trinajstić information content (AvgIpc) is 2.65. The number of carboxylic acid groups (broad SMARTS) is 1. The fourth-order valence-electron chi connectivity index (χ4n) is 2.61. The van der Waals surface area contributed by atoms with E-state index in [9.17, 15) is 33.0 Å². The van der Waals surface area contributed by atoms with Gasteiger partial charge >= 0.3 is 12.3 Å². The average molecular weight is 491 g/mol. The molecular formula is C19H18BrF3N2O5. The Bertz CT molecular complexity index is 892. The zero-order valence-corrected chi connectivity index (χ0v) is 16.9. The van der Waals surface area contributed by atoms with Gasteiger partial charge in [-0.25, -0.2) is 4.79 Å². The van der Waals surface area contributed by atoms with Crippen molar-refractivity contribution in [1.29, 1.82) is 0 Å². The summed E-state index contributed by atoms with van der Waals surface area (Å²) in [5.74, 6) is -3.26. The molecule has 0 saturated carbocycles. The van der Waals surface area contributed by atoms with Gasteiger partial charge in [0.05, 0.1) is 0 Å². The Morgan fingerprint density at radius 1 is 1.17 bits per heavy atom. The number of benzene rings is 2. The summed E-state index contributed by atoms with van der Waals surface area (Å²) in [5.41, 5.74) is 6.42. The minimum absolute atomic E-state index is 0.133. The van der Waals surface area contributed by atoms with Crippen molar-refractivity contribution < 1.29 is 37.7 Å². The van der Waals surface area contributed by atoms with Crippen molar-refractivity contribution in [2.24, 2.45) is 5.73 Å². The van der Waals surface area contributed by atoms with E-state index in [2.05, 4.69) is 26.0 Å². The standard InChI is InChI=1S/C19H18BrF3N2O5/c20-12-6-4-10(5-7-12)8-14(24)16(26)17(27)25-15(18(28)29)11-2-1-3-13(9-11)30-19(21,22)23/h1-7,9,14-16,26H,8,24H2,(H,25,27)(H,28,29)/t14-,15-,16+/m1/s1. The van der Waals surface area contributed by atoms with E-state index in [0.29, 0.717) is 0 Å². The smallest absolute Gasteiger partial charge is 0.479 e. The first kappa shape index (κ1) is 23.6. The second kappa shape index (κ2) is 9.92. The van der Waals surface area contributed by atoms with E-state index in [1.165, 1.54) is 6.07 Å². The van der Waals surface area contributed by atoms with Gasteiger partial charge in [0.25, 0.3) is 5.91 Å². The second-order valence-corrected chi connectivity index (χ2v) is 7.26. The number of halogens is 4. The third-order valence-corrected chi connectivity index (χ3v) is 4.55. The fraction of sp³-hybridized carbons (Fsp3) is 0.263. The number of aliphatic hydroxyl groups excluding tert-OH is 1. The van der Waals surface area contributed by atoms with Gasteiger partial charge in [-0.05, 0) is 41.8 Å². The van der Waals surface area contributed by atoms with E-state index >= 15 is 0 Å². The van der Waals surface area contributed by atoms with Gasteiger partial charge in [-0.15, -0.1) is 13.2 Å². The Kier molecular flexibility index (Phi) is 7.82. The van der Waals surface area contributed by atoms with Crippen LogP contribution < -0.4 is 15.8 Å². The van der Waals surface area contributed by atoms with Gasteiger partial charge in [0, 0.05) is 10.5 Å². The first-order valence-corrected chi connectivity index (χ1v) is 9.32. The van der Waals surface area contributed by atoms with Crippen LogP contribution in [-0.2, 0) is 16.0 Å². The highest BCUT2D eigenvalue weighted by molar-refractivity contribution is 9.10. The molecule has 162 valence electrons. The number of ether oxygens (including phenoxy) is 1. The van der Waals surface area contributed by atoms with E-state index in [0.717, 1.165) is 28.2 Å². The predicted molar refractivity (Wildman–Crippen MR) is 103 cm³/mol. The highest BCUT2D eigenvalue weighted by atomic mass is 79.9. The Morgan fingerprint density at radius 3 is 2.37 bits per heavy atom. The van der Waals surface area contributed by atoms with Crippen molar-refractivity contribution in [2.45, 2.75) is 31.0 Å². The summed E-state index contributed by atoms with van der Waals surface area (Å²) in [6, 6.07) is 8.40. The normalized spacial score (nSPS) is 14.5. The van der Waals surface area contributed by atoms with Crippen LogP contribution in [0.2, 0.25) is 0 Å². The molecule has 0 saturated heterocycles. The van der Waals surface area contributed by atoms with Gasteiger partial charge in [0.15, 0.2) is 6.04 Å². The second-order valence-electron chi connectivity index (χ2n) is 6.34. The van der Waals surface area contributed by atoms with Crippen LogP contribution in [0.3, 0.4) is 0 Å². The van der Waals surface area contributed by atoms with Crippen LogP contribution in [0.15, 0.2) is 53.0 Å². The maximum absolute atomic E-state index is 12.4. The largest absolute Gasteiger partial charge is 0.573 e. The number of carbonyl (C=O) groups is 2. The molecule has 30 heavy (non-hydrogen) atoms. The predicted octanol–water partition coefficient (Wildman–Crippen LogP) is 2.52. The maximum Gasteiger partial charge on any atom is 0.573 e. The number of nitrogens with two attached hydrogens (primary N) is 1. The quantitative estimate of drug-likeness (QED) is 0.451. The molecule has 0 aliphatic carbocycles. The lowest BCUT2D eigenvalue weighted by Gasteiger charge is -2.22. The molecule has 7 nitrogen and oxygen atoms in total. The summed E-state index contributed by atoms with van der Waals surface area (Å²) in [6.45, 7) is 0. The van der Waals surface area contributed by atoms with E-state index in [1.54, 1.807) is 24.3 Å². The molecule has 0 fully saturated rings. The molecule has 3 atom stereocenters. The lowest BCUT2D eigenvalue weighted by molar-refractivity contribution is -0.274. The zero-order valence-electron chi connectivity index (χ0n) is 15.3. The van der Waals surface area contributed by atoms with Crippen molar-refractivity contribution in [3.63, 3.8) is 0 Å². The summed E-state index contributed by atoms with van der Waals surface area (Å²) >= 11 is 3.28. The maximum atomic E-state index is 12.4. The van der Waals surface area contributed by atoms with Crippen LogP contribution in [0.1, 0.15) is 17.2 Å². The van der Waals surface area contributed by atoms with Gasteiger partial charge in [0.2, 0.25) is 0 Å². The van der Waals surface area contributed by atoms with E-state index in [4.69, 9.17) is 5.73 Å². The number of aliphatic hydroxyl groups is 1. The minimum Gasteiger partial charge on any atom is -0.479 e. The van der Waals surface area contributed by atoms with Crippen LogP contribution >= 0.6 is 15.9 Å². The van der Waals surface area contributed by atoms with Gasteiger partial charge in [-0.1, -0.05) is 40.2 Å². The van der Waals surface area contributed by atoms with Gasteiger partial charge in [-0.3, -0.25) is 4.79 Å². The molecule has 0 spiro atoms. The van der Waals surface area contributed by atoms with E-state index in [1.807, 2.05) is 0 Å². The van der Waals surface area contributed by atoms with E-state index in [-0.39, 0.29) is 12.0 Å². The molecule has 0 aliphatic heterocycles.